The van der Waals surface area contributed by atoms with E-state index in [4.69, 9.17) is 0 Å². The number of nitrogens with zero attached hydrogens (tertiary/aromatic N) is 1. The van der Waals surface area contributed by atoms with E-state index in [2.05, 4.69) is 42.9 Å². The molecule has 0 spiro atoms. The van der Waals surface area contributed by atoms with Crippen molar-refractivity contribution in [1.29, 1.82) is 0 Å². The van der Waals surface area contributed by atoms with Gasteiger partial charge in [0.05, 0.1) is 0 Å². The third-order valence-electron chi connectivity index (χ3n) is 2.10. The second-order valence-electron chi connectivity index (χ2n) is 3.16. The zero-order valence-corrected chi connectivity index (χ0v) is 9.22. The lowest BCUT2D eigenvalue weighted by molar-refractivity contribution is -0.697. The van der Waals surface area contributed by atoms with E-state index in [0.717, 1.165) is 13.0 Å². The van der Waals surface area contributed by atoms with E-state index in [-0.39, 0.29) is 12.4 Å². The Morgan fingerprint density at radius 2 is 2.08 bits per heavy atom. The molecule has 1 aromatic heterocycles. The van der Waals surface area contributed by atoms with E-state index in [1.165, 1.54) is 18.4 Å². The first kappa shape index (κ1) is 12.4. The lowest BCUT2D eigenvalue weighted by Gasteiger charge is -1.96. The maximum Gasteiger partial charge on any atom is 0.171 e. The molecule has 0 saturated carbocycles. The van der Waals surface area contributed by atoms with Crippen LogP contribution in [-0.4, -0.2) is 0 Å². The summed E-state index contributed by atoms with van der Waals surface area (Å²) in [7, 11) is 0. The summed E-state index contributed by atoms with van der Waals surface area (Å²) < 4.78 is 2.28. The Balaban J connectivity index is 0.00000144. The fourth-order valence-electron chi connectivity index (χ4n) is 1.27. The van der Waals surface area contributed by atoms with Crippen LogP contribution in [0.3, 0.4) is 0 Å². The number of aryl methyl sites for hydroxylation is 2. The number of rotatable bonds is 4. The van der Waals surface area contributed by atoms with E-state index in [0.29, 0.717) is 0 Å². The average molecular weight is 200 g/mol. The first-order chi connectivity index (χ1) is 5.86. The molecule has 1 rings (SSSR count). The highest BCUT2D eigenvalue weighted by Crippen LogP contribution is 1.95. The first-order valence-corrected chi connectivity index (χ1v) is 4.84. The largest absolute Gasteiger partial charge is 1.00 e. The Hall–Kier alpha value is -0.560. The van der Waals surface area contributed by atoms with Crippen molar-refractivity contribution in [3.63, 3.8) is 0 Å². The summed E-state index contributed by atoms with van der Waals surface area (Å²) in [5.74, 6) is 0. The van der Waals surface area contributed by atoms with Crippen LogP contribution in [0.5, 0.6) is 0 Å². The molecule has 1 aromatic rings. The van der Waals surface area contributed by atoms with Crippen molar-refractivity contribution in [3.8, 4) is 0 Å². The van der Waals surface area contributed by atoms with Gasteiger partial charge in [0.25, 0.3) is 0 Å². The number of unbranched alkanes of at least 4 members (excludes halogenated alkanes) is 1. The highest BCUT2D eigenvalue weighted by molar-refractivity contribution is 5.04. The predicted molar refractivity (Wildman–Crippen MR) is 50.9 cm³/mol. The molecule has 0 fully saturated rings. The van der Waals surface area contributed by atoms with Gasteiger partial charge >= 0.3 is 0 Å². The number of hydrogen-bond donors (Lipinski definition) is 0. The van der Waals surface area contributed by atoms with Crippen molar-refractivity contribution in [1.82, 2.24) is 0 Å². The van der Waals surface area contributed by atoms with Crippen LogP contribution in [0.1, 0.15) is 32.3 Å². The lowest BCUT2D eigenvalue weighted by atomic mass is 10.2. The normalized spacial score (nSPS) is 9.38. The number of pyridine rings is 1. The van der Waals surface area contributed by atoms with Gasteiger partial charge in [0.2, 0.25) is 0 Å². The summed E-state index contributed by atoms with van der Waals surface area (Å²) in [5, 5.41) is 0. The summed E-state index contributed by atoms with van der Waals surface area (Å²) in [6.07, 6.45) is 8.07. The van der Waals surface area contributed by atoms with Gasteiger partial charge in [0.1, 0.15) is 6.54 Å². The van der Waals surface area contributed by atoms with Crippen LogP contribution in [-0.2, 0) is 13.0 Å². The smallest absolute Gasteiger partial charge is 0.171 e. The van der Waals surface area contributed by atoms with Crippen molar-refractivity contribution < 1.29 is 17.0 Å². The molecular weight excluding hydrogens is 182 g/mol. The Labute approximate surface area is 87.2 Å². The van der Waals surface area contributed by atoms with Crippen molar-refractivity contribution >= 4 is 0 Å². The molecule has 0 aliphatic heterocycles. The van der Waals surface area contributed by atoms with E-state index >= 15 is 0 Å². The van der Waals surface area contributed by atoms with E-state index in [9.17, 15) is 0 Å². The van der Waals surface area contributed by atoms with Gasteiger partial charge in [-0.2, -0.15) is 0 Å². The topological polar surface area (TPSA) is 3.88 Å². The molecule has 0 saturated heterocycles. The summed E-state index contributed by atoms with van der Waals surface area (Å²) in [5.41, 5.74) is 1.42. The molecule has 0 bridgehead atoms. The third-order valence-corrected chi connectivity index (χ3v) is 2.10. The SMILES string of the molecule is CCCC[n+]1cccc(CC)c1.[Cl-]. The van der Waals surface area contributed by atoms with Gasteiger partial charge in [-0.3, -0.25) is 0 Å². The fourth-order valence-corrected chi connectivity index (χ4v) is 1.27. The molecule has 74 valence electrons. The summed E-state index contributed by atoms with van der Waals surface area (Å²) >= 11 is 0. The van der Waals surface area contributed by atoms with E-state index in [1.807, 2.05) is 0 Å². The Morgan fingerprint density at radius 1 is 1.31 bits per heavy atom. The Morgan fingerprint density at radius 3 is 2.69 bits per heavy atom. The molecule has 2 heteroatoms. The second kappa shape index (κ2) is 6.90. The molecule has 0 aliphatic carbocycles. The minimum absolute atomic E-state index is 0. The predicted octanol–water partition coefficient (Wildman–Crippen LogP) is -0.659. The van der Waals surface area contributed by atoms with Gasteiger partial charge in [-0.25, -0.2) is 4.57 Å². The summed E-state index contributed by atoms with van der Waals surface area (Å²) in [4.78, 5) is 0. The molecule has 0 radical (unpaired) electrons. The molecule has 13 heavy (non-hydrogen) atoms. The molecule has 0 amide bonds. The zero-order valence-electron chi connectivity index (χ0n) is 8.46. The maximum atomic E-state index is 2.28. The molecule has 0 atom stereocenters. The number of aromatic nitrogens is 1. The van der Waals surface area contributed by atoms with Crippen molar-refractivity contribution in [2.75, 3.05) is 0 Å². The van der Waals surface area contributed by atoms with Crippen molar-refractivity contribution in [2.24, 2.45) is 0 Å². The van der Waals surface area contributed by atoms with Crippen LogP contribution in [0.2, 0.25) is 0 Å². The van der Waals surface area contributed by atoms with Crippen LogP contribution >= 0.6 is 0 Å². The van der Waals surface area contributed by atoms with Crippen molar-refractivity contribution in [2.45, 2.75) is 39.7 Å². The second-order valence-corrected chi connectivity index (χ2v) is 3.16. The standard InChI is InChI=1S/C11H18N.ClH/c1-3-5-8-12-9-6-7-11(4-2)10-12;/h6-7,9-10H,3-5,8H2,1-2H3;1H/q+1;/p-1. The molecular formula is C11H18ClN. The first-order valence-electron chi connectivity index (χ1n) is 4.84. The van der Waals surface area contributed by atoms with Gasteiger partial charge in [-0.15, -0.1) is 0 Å². The van der Waals surface area contributed by atoms with Crippen molar-refractivity contribution in [3.05, 3.63) is 30.1 Å². The summed E-state index contributed by atoms with van der Waals surface area (Å²) in [6.45, 7) is 5.58. The highest BCUT2D eigenvalue weighted by atomic mass is 35.5. The minimum Gasteiger partial charge on any atom is -1.00 e. The molecule has 1 heterocycles. The third kappa shape index (κ3) is 4.28. The lowest BCUT2D eigenvalue weighted by Crippen LogP contribution is -3.00. The number of halogens is 1. The van der Waals surface area contributed by atoms with Gasteiger partial charge in [-0.05, 0) is 12.5 Å². The molecule has 0 aliphatic rings. The maximum absolute atomic E-state index is 2.28. The molecule has 0 N–H and O–H groups in total. The van der Waals surface area contributed by atoms with E-state index < -0.39 is 0 Å². The molecule has 0 unspecified atom stereocenters. The summed E-state index contributed by atoms with van der Waals surface area (Å²) in [6, 6.07) is 4.32. The van der Waals surface area contributed by atoms with Crippen LogP contribution in [0, 0.1) is 0 Å². The number of hydrogen-bond acceptors (Lipinski definition) is 0. The Bertz CT molecular complexity index is 235. The van der Waals surface area contributed by atoms with Gasteiger partial charge < -0.3 is 12.4 Å². The fraction of sp³-hybridized carbons (Fsp3) is 0.545. The van der Waals surface area contributed by atoms with Crippen LogP contribution in [0.25, 0.3) is 0 Å². The monoisotopic (exact) mass is 199 g/mol. The van der Waals surface area contributed by atoms with Crippen LogP contribution < -0.4 is 17.0 Å². The average Bonchev–Trinajstić information content (AvgIpc) is 2.15. The molecule has 0 aromatic carbocycles. The minimum atomic E-state index is 0. The molecule has 1 nitrogen and oxygen atoms in total. The van der Waals surface area contributed by atoms with Gasteiger partial charge in [-0.1, -0.05) is 20.3 Å². The van der Waals surface area contributed by atoms with Gasteiger partial charge in [0.15, 0.2) is 12.4 Å². The highest BCUT2D eigenvalue weighted by Gasteiger charge is 1.99. The van der Waals surface area contributed by atoms with E-state index in [1.54, 1.807) is 0 Å². The zero-order chi connectivity index (χ0) is 8.81. The van der Waals surface area contributed by atoms with Crippen LogP contribution in [0.4, 0.5) is 0 Å². The quantitative estimate of drug-likeness (QED) is 0.567. The van der Waals surface area contributed by atoms with Crippen LogP contribution in [0.15, 0.2) is 24.5 Å². The Kier molecular flexibility index (Phi) is 6.61. The van der Waals surface area contributed by atoms with Gasteiger partial charge in [0, 0.05) is 18.1 Å².